The van der Waals surface area contributed by atoms with Crippen molar-refractivity contribution in [2.45, 2.75) is 37.0 Å². The predicted molar refractivity (Wildman–Crippen MR) is 133 cm³/mol. The number of amides is 1. The maximum absolute atomic E-state index is 13.4. The molecule has 0 aliphatic carbocycles. The minimum atomic E-state index is -3.65. The second kappa shape index (κ2) is 9.84. The Balaban J connectivity index is 1.17. The average molecular weight is 478 g/mol. The highest BCUT2D eigenvalue weighted by Gasteiger charge is 2.35. The lowest BCUT2D eigenvalue weighted by Crippen LogP contribution is -2.46. The molecule has 7 heteroatoms. The van der Waals surface area contributed by atoms with Crippen LogP contribution >= 0.6 is 0 Å². The van der Waals surface area contributed by atoms with Gasteiger partial charge in [-0.2, -0.15) is 4.31 Å². The summed E-state index contributed by atoms with van der Waals surface area (Å²) >= 11 is 0. The van der Waals surface area contributed by atoms with Crippen LogP contribution in [0.1, 0.15) is 31.2 Å². The van der Waals surface area contributed by atoms with Crippen molar-refractivity contribution in [3.63, 3.8) is 0 Å². The van der Waals surface area contributed by atoms with Gasteiger partial charge in [0.25, 0.3) is 0 Å². The van der Waals surface area contributed by atoms with Crippen LogP contribution in [0.25, 0.3) is 10.9 Å². The zero-order valence-corrected chi connectivity index (χ0v) is 20.2. The van der Waals surface area contributed by atoms with Crippen LogP contribution in [0.15, 0.2) is 71.8 Å². The first-order chi connectivity index (χ1) is 16.5. The summed E-state index contributed by atoms with van der Waals surface area (Å²) in [5, 5.41) is 0.810. The fraction of sp³-hybridized carbons (Fsp3) is 0.407. The van der Waals surface area contributed by atoms with Crippen molar-refractivity contribution in [1.29, 1.82) is 0 Å². The van der Waals surface area contributed by atoms with E-state index in [1.807, 2.05) is 23.1 Å². The molecular weight excluding hydrogens is 446 g/mol. The van der Waals surface area contributed by atoms with E-state index in [4.69, 9.17) is 0 Å². The highest BCUT2D eigenvalue weighted by Crippen LogP contribution is 2.30. The summed E-state index contributed by atoms with van der Waals surface area (Å²) in [5.41, 5.74) is 1.86. The number of pyridine rings is 1. The molecule has 0 bridgehead atoms. The number of piperidine rings is 2. The SMILES string of the molecule is O=C(C1CCN(S(=O)(=O)c2cccc3cccnc23)CC1)N1CCC(Cc2ccccc2)CC1. The van der Waals surface area contributed by atoms with Gasteiger partial charge in [-0.3, -0.25) is 9.78 Å². The number of para-hydroxylation sites is 1. The van der Waals surface area contributed by atoms with Crippen molar-refractivity contribution in [3.8, 4) is 0 Å². The topological polar surface area (TPSA) is 70.6 Å². The van der Waals surface area contributed by atoms with E-state index in [0.29, 0.717) is 37.4 Å². The average Bonchev–Trinajstić information content (AvgIpc) is 2.89. The predicted octanol–water partition coefficient (Wildman–Crippen LogP) is 4.12. The molecule has 0 unspecified atom stereocenters. The van der Waals surface area contributed by atoms with E-state index >= 15 is 0 Å². The molecule has 0 N–H and O–H groups in total. The van der Waals surface area contributed by atoms with Gasteiger partial charge in [-0.15, -0.1) is 0 Å². The third-order valence-corrected chi connectivity index (χ3v) is 9.24. The standard InChI is InChI=1S/C27H31N3O3S/c31-27(29-16-11-22(12-17-29)20-21-6-2-1-3-7-21)24-13-18-30(19-14-24)34(32,33)25-10-4-8-23-9-5-15-28-26(23)25/h1-10,15,22,24H,11-14,16-20H2. The molecule has 0 saturated carbocycles. The Morgan fingerprint density at radius 1 is 0.853 bits per heavy atom. The van der Waals surface area contributed by atoms with Crippen LogP contribution in [-0.4, -0.2) is 54.7 Å². The highest BCUT2D eigenvalue weighted by molar-refractivity contribution is 7.89. The van der Waals surface area contributed by atoms with Crippen molar-refractivity contribution >= 4 is 26.8 Å². The number of likely N-dealkylation sites (tertiary alicyclic amines) is 1. The maximum atomic E-state index is 13.4. The van der Waals surface area contributed by atoms with Gasteiger partial charge in [0.1, 0.15) is 4.90 Å². The molecule has 6 nitrogen and oxygen atoms in total. The summed E-state index contributed by atoms with van der Waals surface area (Å²) in [5.74, 6) is 0.720. The number of nitrogens with zero attached hydrogens (tertiary/aromatic N) is 3. The Bertz CT molecular complexity index is 1240. The van der Waals surface area contributed by atoms with Crippen LogP contribution < -0.4 is 0 Å². The van der Waals surface area contributed by atoms with Crippen LogP contribution in [0.2, 0.25) is 0 Å². The number of carbonyl (C=O) groups excluding carboxylic acids is 1. The van der Waals surface area contributed by atoms with E-state index in [1.54, 1.807) is 24.4 Å². The van der Waals surface area contributed by atoms with E-state index < -0.39 is 10.0 Å². The maximum Gasteiger partial charge on any atom is 0.245 e. The third-order valence-electron chi connectivity index (χ3n) is 7.31. The fourth-order valence-electron chi connectivity index (χ4n) is 5.33. The zero-order chi connectivity index (χ0) is 23.5. The first-order valence-corrected chi connectivity index (χ1v) is 13.6. The molecule has 2 aliphatic heterocycles. The Kier molecular flexibility index (Phi) is 6.66. The van der Waals surface area contributed by atoms with E-state index in [1.165, 1.54) is 9.87 Å². The molecule has 0 spiro atoms. The van der Waals surface area contributed by atoms with Crippen molar-refractivity contribution in [1.82, 2.24) is 14.2 Å². The van der Waals surface area contributed by atoms with E-state index in [-0.39, 0.29) is 16.7 Å². The molecule has 178 valence electrons. The summed E-state index contributed by atoms with van der Waals surface area (Å²) in [6.45, 7) is 2.34. The second-order valence-electron chi connectivity index (χ2n) is 9.47. The number of hydrogen-bond donors (Lipinski definition) is 0. The molecule has 2 saturated heterocycles. The molecule has 2 aliphatic rings. The second-order valence-corrected chi connectivity index (χ2v) is 11.4. The number of fused-ring (bicyclic) bond motifs is 1. The van der Waals surface area contributed by atoms with E-state index in [9.17, 15) is 13.2 Å². The molecule has 0 radical (unpaired) electrons. The van der Waals surface area contributed by atoms with Crippen LogP contribution in [0, 0.1) is 11.8 Å². The minimum absolute atomic E-state index is 0.0947. The van der Waals surface area contributed by atoms with Crippen molar-refractivity contribution in [2.24, 2.45) is 11.8 Å². The highest BCUT2D eigenvalue weighted by atomic mass is 32.2. The third kappa shape index (κ3) is 4.72. The molecule has 3 aromatic rings. The number of rotatable bonds is 5. The smallest absolute Gasteiger partial charge is 0.245 e. The lowest BCUT2D eigenvalue weighted by atomic mass is 9.89. The molecule has 1 aromatic heterocycles. The normalized spacial score (nSPS) is 18.9. The molecule has 34 heavy (non-hydrogen) atoms. The molecule has 5 rings (SSSR count). The Labute approximate surface area is 201 Å². The Morgan fingerprint density at radius 2 is 1.56 bits per heavy atom. The number of aromatic nitrogens is 1. The van der Waals surface area contributed by atoms with Crippen LogP contribution in [0.5, 0.6) is 0 Å². The minimum Gasteiger partial charge on any atom is -0.342 e. The van der Waals surface area contributed by atoms with Gasteiger partial charge in [0, 0.05) is 43.7 Å². The molecule has 3 heterocycles. The van der Waals surface area contributed by atoms with E-state index in [2.05, 4.69) is 29.2 Å². The van der Waals surface area contributed by atoms with Gasteiger partial charge in [0.15, 0.2) is 0 Å². The quantitative estimate of drug-likeness (QED) is 0.554. The lowest BCUT2D eigenvalue weighted by Gasteiger charge is -2.37. The molecule has 2 fully saturated rings. The van der Waals surface area contributed by atoms with Gasteiger partial charge >= 0.3 is 0 Å². The summed E-state index contributed by atoms with van der Waals surface area (Å²) < 4.78 is 28.2. The van der Waals surface area contributed by atoms with Crippen LogP contribution in [0.4, 0.5) is 0 Å². The zero-order valence-electron chi connectivity index (χ0n) is 19.3. The van der Waals surface area contributed by atoms with E-state index in [0.717, 1.165) is 37.7 Å². The lowest BCUT2D eigenvalue weighted by molar-refractivity contribution is -0.138. The fourth-order valence-corrected chi connectivity index (χ4v) is 6.96. The van der Waals surface area contributed by atoms with Gasteiger partial charge in [-0.05, 0) is 55.7 Å². The Morgan fingerprint density at radius 3 is 2.29 bits per heavy atom. The number of sulfonamides is 1. The largest absolute Gasteiger partial charge is 0.342 e. The van der Waals surface area contributed by atoms with Crippen molar-refractivity contribution in [2.75, 3.05) is 26.2 Å². The first kappa shape index (κ1) is 23.0. The van der Waals surface area contributed by atoms with Gasteiger partial charge in [0.2, 0.25) is 15.9 Å². The monoisotopic (exact) mass is 477 g/mol. The molecule has 2 aromatic carbocycles. The van der Waals surface area contributed by atoms with Crippen molar-refractivity contribution in [3.05, 3.63) is 72.4 Å². The first-order valence-electron chi connectivity index (χ1n) is 12.2. The van der Waals surface area contributed by atoms with Gasteiger partial charge in [0.05, 0.1) is 5.52 Å². The van der Waals surface area contributed by atoms with Gasteiger partial charge < -0.3 is 4.90 Å². The van der Waals surface area contributed by atoms with Crippen molar-refractivity contribution < 1.29 is 13.2 Å². The van der Waals surface area contributed by atoms with Gasteiger partial charge in [-0.1, -0.05) is 48.5 Å². The summed E-state index contributed by atoms with van der Waals surface area (Å²) in [6, 6.07) is 19.5. The molecule has 0 atom stereocenters. The summed E-state index contributed by atoms with van der Waals surface area (Å²) in [4.78, 5) is 19.7. The summed E-state index contributed by atoms with van der Waals surface area (Å²) in [7, 11) is -3.65. The van der Waals surface area contributed by atoms with Crippen LogP contribution in [0.3, 0.4) is 0 Å². The number of hydrogen-bond acceptors (Lipinski definition) is 4. The number of benzene rings is 2. The van der Waals surface area contributed by atoms with Gasteiger partial charge in [-0.25, -0.2) is 8.42 Å². The molecule has 1 amide bonds. The summed E-state index contributed by atoms with van der Waals surface area (Å²) in [6.07, 6.45) is 5.89. The van der Waals surface area contributed by atoms with Crippen LogP contribution in [-0.2, 0) is 21.2 Å². The number of carbonyl (C=O) groups is 1. The Hall–Kier alpha value is -2.77. The molecular formula is C27H31N3O3S.